The Morgan fingerprint density at radius 1 is 1.44 bits per heavy atom. The van der Waals surface area contributed by atoms with Gasteiger partial charge in [0.25, 0.3) is 0 Å². The van der Waals surface area contributed by atoms with E-state index in [-0.39, 0.29) is 18.4 Å². The Labute approximate surface area is 122 Å². The standard InChI is InChI=1S/C11H15BrN2O2S.ClH/c1-8-10(12)3-2-4-11(8)17(15,16)14-9-5-6-13-7-9;/h2-4,9,13-14H,5-7H2,1H3;1H. The van der Waals surface area contributed by atoms with Gasteiger partial charge < -0.3 is 5.32 Å². The van der Waals surface area contributed by atoms with Gasteiger partial charge in [-0.25, -0.2) is 13.1 Å². The third-order valence-corrected chi connectivity index (χ3v) is 5.41. The zero-order valence-electron chi connectivity index (χ0n) is 9.94. The molecule has 1 aliphatic rings. The first-order valence-corrected chi connectivity index (χ1v) is 7.76. The number of sulfonamides is 1. The van der Waals surface area contributed by atoms with E-state index >= 15 is 0 Å². The van der Waals surface area contributed by atoms with Gasteiger partial charge in [-0.3, -0.25) is 0 Å². The van der Waals surface area contributed by atoms with Crippen LogP contribution in [0.2, 0.25) is 0 Å². The van der Waals surface area contributed by atoms with E-state index in [1.165, 1.54) is 0 Å². The fraction of sp³-hybridized carbons (Fsp3) is 0.455. The Balaban J connectivity index is 0.00000162. The van der Waals surface area contributed by atoms with Crippen molar-refractivity contribution in [1.82, 2.24) is 10.0 Å². The second-order valence-corrected chi connectivity index (χ2v) is 6.71. The van der Waals surface area contributed by atoms with E-state index in [4.69, 9.17) is 0 Å². The third-order valence-electron chi connectivity index (χ3n) is 2.89. The molecule has 1 atom stereocenters. The summed E-state index contributed by atoms with van der Waals surface area (Å²) >= 11 is 3.35. The molecule has 2 rings (SSSR count). The summed E-state index contributed by atoms with van der Waals surface area (Å²) in [4.78, 5) is 0.346. The molecular weight excluding hydrogens is 340 g/mol. The van der Waals surface area contributed by atoms with Gasteiger partial charge in [-0.1, -0.05) is 22.0 Å². The summed E-state index contributed by atoms with van der Waals surface area (Å²) in [5.74, 6) is 0. The molecule has 0 aliphatic carbocycles. The summed E-state index contributed by atoms with van der Waals surface area (Å²) in [5, 5.41) is 3.14. The molecule has 1 aromatic rings. The molecule has 102 valence electrons. The maximum Gasteiger partial charge on any atom is 0.241 e. The van der Waals surface area contributed by atoms with Gasteiger partial charge in [0, 0.05) is 17.1 Å². The number of benzene rings is 1. The highest BCUT2D eigenvalue weighted by atomic mass is 79.9. The summed E-state index contributed by atoms with van der Waals surface area (Å²) < 4.78 is 27.9. The Kier molecular flexibility index (Phi) is 5.61. The zero-order chi connectivity index (χ0) is 12.5. The van der Waals surface area contributed by atoms with E-state index in [0.29, 0.717) is 11.4 Å². The van der Waals surface area contributed by atoms with Gasteiger partial charge in [-0.2, -0.15) is 0 Å². The first-order valence-electron chi connectivity index (χ1n) is 5.49. The minimum absolute atomic E-state index is 0. The van der Waals surface area contributed by atoms with E-state index in [1.807, 2.05) is 6.07 Å². The van der Waals surface area contributed by atoms with Gasteiger partial charge in [-0.15, -0.1) is 12.4 Å². The maximum atomic E-state index is 12.2. The van der Waals surface area contributed by atoms with Crippen molar-refractivity contribution in [2.75, 3.05) is 13.1 Å². The molecule has 1 heterocycles. The van der Waals surface area contributed by atoms with Crippen LogP contribution in [-0.2, 0) is 10.0 Å². The SMILES string of the molecule is Cc1c(Br)cccc1S(=O)(=O)NC1CCNC1.Cl. The minimum Gasteiger partial charge on any atom is -0.315 e. The van der Waals surface area contributed by atoms with Gasteiger partial charge in [-0.05, 0) is 37.6 Å². The van der Waals surface area contributed by atoms with Crippen LogP contribution in [0.5, 0.6) is 0 Å². The zero-order valence-corrected chi connectivity index (χ0v) is 13.2. The molecule has 7 heteroatoms. The molecule has 1 fully saturated rings. The smallest absolute Gasteiger partial charge is 0.241 e. The molecule has 1 unspecified atom stereocenters. The predicted molar refractivity (Wildman–Crippen MR) is 77.7 cm³/mol. The molecule has 0 radical (unpaired) electrons. The second-order valence-electron chi connectivity index (χ2n) is 4.17. The molecule has 1 aliphatic heterocycles. The van der Waals surface area contributed by atoms with Crippen molar-refractivity contribution in [2.24, 2.45) is 0 Å². The van der Waals surface area contributed by atoms with Crippen LogP contribution >= 0.6 is 28.3 Å². The summed E-state index contributed by atoms with van der Waals surface area (Å²) in [6.45, 7) is 3.36. The summed E-state index contributed by atoms with van der Waals surface area (Å²) in [7, 11) is -3.42. The van der Waals surface area contributed by atoms with Crippen molar-refractivity contribution in [3.8, 4) is 0 Å². The summed E-state index contributed by atoms with van der Waals surface area (Å²) in [6.07, 6.45) is 0.840. The van der Waals surface area contributed by atoms with Crippen LogP contribution in [0.1, 0.15) is 12.0 Å². The third kappa shape index (κ3) is 3.45. The van der Waals surface area contributed by atoms with Crippen LogP contribution in [0.4, 0.5) is 0 Å². The lowest BCUT2D eigenvalue weighted by Gasteiger charge is -2.14. The van der Waals surface area contributed by atoms with Crippen molar-refractivity contribution in [3.05, 3.63) is 28.2 Å². The molecular formula is C11H16BrClN2O2S. The highest BCUT2D eigenvalue weighted by Gasteiger charge is 2.24. The molecule has 0 bridgehead atoms. The molecule has 2 N–H and O–H groups in total. The Morgan fingerprint density at radius 3 is 2.78 bits per heavy atom. The van der Waals surface area contributed by atoms with Crippen LogP contribution in [0.3, 0.4) is 0 Å². The van der Waals surface area contributed by atoms with E-state index < -0.39 is 10.0 Å². The fourth-order valence-electron chi connectivity index (χ4n) is 1.92. The highest BCUT2D eigenvalue weighted by molar-refractivity contribution is 9.10. The van der Waals surface area contributed by atoms with Gasteiger partial charge in [0.2, 0.25) is 10.0 Å². The number of halogens is 2. The van der Waals surface area contributed by atoms with E-state index in [9.17, 15) is 8.42 Å². The highest BCUT2D eigenvalue weighted by Crippen LogP contribution is 2.23. The normalized spacial score (nSPS) is 19.6. The molecule has 1 saturated heterocycles. The molecule has 0 spiro atoms. The first kappa shape index (κ1) is 15.9. The van der Waals surface area contributed by atoms with Crippen LogP contribution in [0.15, 0.2) is 27.6 Å². The lowest BCUT2D eigenvalue weighted by molar-refractivity contribution is 0.559. The predicted octanol–water partition coefficient (Wildman–Crippen LogP) is 1.82. The van der Waals surface area contributed by atoms with Crippen molar-refractivity contribution >= 4 is 38.4 Å². The summed E-state index contributed by atoms with van der Waals surface area (Å²) in [5.41, 5.74) is 0.742. The quantitative estimate of drug-likeness (QED) is 0.869. The monoisotopic (exact) mass is 354 g/mol. The van der Waals surface area contributed by atoms with E-state index in [0.717, 1.165) is 23.0 Å². The van der Waals surface area contributed by atoms with Gasteiger partial charge in [0.1, 0.15) is 0 Å². The lowest BCUT2D eigenvalue weighted by atomic mass is 10.2. The maximum absolute atomic E-state index is 12.2. The van der Waals surface area contributed by atoms with E-state index in [2.05, 4.69) is 26.0 Å². The molecule has 0 saturated carbocycles. The molecule has 1 aromatic carbocycles. The first-order chi connectivity index (χ1) is 8.00. The second kappa shape index (κ2) is 6.34. The number of nitrogens with one attached hydrogen (secondary N) is 2. The Bertz CT molecular complexity index is 516. The van der Waals surface area contributed by atoms with Crippen molar-refractivity contribution < 1.29 is 8.42 Å². The van der Waals surface area contributed by atoms with Gasteiger partial charge >= 0.3 is 0 Å². The Hall–Kier alpha value is -0.140. The minimum atomic E-state index is -3.42. The number of hydrogen-bond acceptors (Lipinski definition) is 3. The topological polar surface area (TPSA) is 58.2 Å². The van der Waals surface area contributed by atoms with E-state index in [1.54, 1.807) is 19.1 Å². The van der Waals surface area contributed by atoms with Crippen LogP contribution in [-0.4, -0.2) is 27.5 Å². The summed E-state index contributed by atoms with van der Waals surface area (Å²) in [6, 6.07) is 5.20. The molecule has 0 amide bonds. The number of rotatable bonds is 3. The largest absolute Gasteiger partial charge is 0.315 e. The lowest BCUT2D eigenvalue weighted by Crippen LogP contribution is -2.36. The van der Waals surface area contributed by atoms with Crippen LogP contribution in [0.25, 0.3) is 0 Å². The average molecular weight is 356 g/mol. The van der Waals surface area contributed by atoms with Crippen molar-refractivity contribution in [3.63, 3.8) is 0 Å². The van der Waals surface area contributed by atoms with Crippen LogP contribution < -0.4 is 10.0 Å². The average Bonchev–Trinajstić information content (AvgIpc) is 2.73. The fourth-order valence-corrected chi connectivity index (χ4v) is 3.95. The van der Waals surface area contributed by atoms with Crippen molar-refractivity contribution in [1.29, 1.82) is 0 Å². The molecule has 0 aromatic heterocycles. The molecule has 4 nitrogen and oxygen atoms in total. The molecule has 18 heavy (non-hydrogen) atoms. The van der Waals surface area contributed by atoms with Gasteiger partial charge in [0.05, 0.1) is 4.90 Å². The van der Waals surface area contributed by atoms with Gasteiger partial charge in [0.15, 0.2) is 0 Å². The Morgan fingerprint density at radius 2 is 2.17 bits per heavy atom. The van der Waals surface area contributed by atoms with Crippen LogP contribution in [0, 0.1) is 6.92 Å². The number of hydrogen-bond donors (Lipinski definition) is 2. The van der Waals surface area contributed by atoms with Crippen molar-refractivity contribution in [2.45, 2.75) is 24.3 Å².